The zero-order chi connectivity index (χ0) is 31.4. The van der Waals surface area contributed by atoms with Gasteiger partial charge in [-0.1, -0.05) is 60.5 Å². The van der Waals surface area contributed by atoms with Gasteiger partial charge in [0.05, 0.1) is 18.0 Å². The van der Waals surface area contributed by atoms with E-state index in [9.17, 15) is 19.8 Å². The Bertz CT molecular complexity index is 1440. The maximum atomic E-state index is 16.0. The number of hydrogen-bond donors (Lipinski definition) is 2. The Hall–Kier alpha value is -3.08. The number of methoxy groups -OCH3 is 1. The number of alkyl halides is 1. The number of fused-ring (bicyclic) bond motifs is 1. The highest BCUT2D eigenvalue weighted by atomic mass is 35.5. The van der Waals surface area contributed by atoms with Crippen LogP contribution in [0.25, 0.3) is 0 Å². The predicted molar refractivity (Wildman–Crippen MR) is 158 cm³/mol. The standard InChI is InChI=1S/C26H28ClF2NO6.C6H5Cl/c1-3-26(34,25(29)8-10-36-11-9-25)16-12-18-22(19(28)13-16)24(35-2)30(23(18)33)20(14-21(31)32)15-4-6-17(27)7-5-15;7-6-4-2-1-3-5-6/h4-7,12-13,20,24,34H,3,8-11,14H2,1-2H3,(H,31,32);1-5H. The van der Waals surface area contributed by atoms with Crippen LogP contribution in [0.15, 0.2) is 66.7 Å². The smallest absolute Gasteiger partial charge is 0.305 e. The minimum atomic E-state index is -2.07. The number of carbonyl (C=O) groups is 2. The van der Waals surface area contributed by atoms with Crippen molar-refractivity contribution in [1.82, 2.24) is 4.90 Å². The number of aliphatic hydroxyl groups is 1. The van der Waals surface area contributed by atoms with Crippen LogP contribution in [0.5, 0.6) is 0 Å². The number of carboxylic acid groups (broad SMARTS) is 1. The van der Waals surface area contributed by atoms with Crippen molar-refractivity contribution in [1.29, 1.82) is 0 Å². The van der Waals surface area contributed by atoms with E-state index in [-0.39, 0.29) is 49.2 Å². The molecule has 3 atom stereocenters. The van der Waals surface area contributed by atoms with E-state index < -0.39 is 47.7 Å². The normalized spacial score (nSPS) is 19.6. The second kappa shape index (κ2) is 13.7. The van der Waals surface area contributed by atoms with Crippen LogP contribution in [-0.2, 0) is 19.9 Å². The maximum Gasteiger partial charge on any atom is 0.305 e. The lowest BCUT2D eigenvalue weighted by Gasteiger charge is -2.43. The van der Waals surface area contributed by atoms with Gasteiger partial charge in [-0.05, 0) is 53.9 Å². The first-order chi connectivity index (χ1) is 20.5. The van der Waals surface area contributed by atoms with Gasteiger partial charge >= 0.3 is 5.97 Å². The first-order valence-electron chi connectivity index (χ1n) is 13.8. The molecule has 0 aliphatic carbocycles. The Morgan fingerprint density at radius 2 is 1.72 bits per heavy atom. The van der Waals surface area contributed by atoms with Crippen LogP contribution < -0.4 is 0 Å². The number of nitrogens with zero attached hydrogens (tertiary/aromatic N) is 1. The van der Waals surface area contributed by atoms with Crippen molar-refractivity contribution in [2.75, 3.05) is 20.3 Å². The van der Waals surface area contributed by atoms with Gasteiger partial charge in [0.2, 0.25) is 0 Å². The number of halogens is 4. The molecule has 230 valence electrons. The number of hydrogen-bond acceptors (Lipinski definition) is 5. The lowest BCUT2D eigenvalue weighted by atomic mass is 9.72. The molecule has 0 radical (unpaired) electrons. The van der Waals surface area contributed by atoms with Crippen molar-refractivity contribution in [2.24, 2.45) is 0 Å². The van der Waals surface area contributed by atoms with Gasteiger partial charge in [-0.2, -0.15) is 0 Å². The summed E-state index contributed by atoms with van der Waals surface area (Å²) in [6.07, 6.45) is -1.90. The number of ether oxygens (including phenoxy) is 2. The van der Waals surface area contributed by atoms with E-state index >= 15 is 8.78 Å². The highest BCUT2D eigenvalue weighted by molar-refractivity contribution is 6.30. The summed E-state index contributed by atoms with van der Waals surface area (Å²) in [7, 11) is 1.29. The molecule has 2 aliphatic heterocycles. The molecule has 1 fully saturated rings. The monoisotopic (exact) mass is 635 g/mol. The van der Waals surface area contributed by atoms with Crippen LogP contribution in [0.2, 0.25) is 10.0 Å². The van der Waals surface area contributed by atoms with E-state index in [1.165, 1.54) is 18.1 Å². The third-order valence-corrected chi connectivity index (χ3v) is 8.53. The predicted octanol–water partition coefficient (Wildman–Crippen LogP) is 7.25. The molecule has 2 N–H and O–H groups in total. The Kier molecular flexibility index (Phi) is 10.5. The molecule has 0 saturated carbocycles. The molecule has 1 saturated heterocycles. The minimum absolute atomic E-state index is 0.0558. The van der Waals surface area contributed by atoms with Crippen molar-refractivity contribution >= 4 is 35.1 Å². The van der Waals surface area contributed by atoms with E-state index in [4.69, 9.17) is 32.7 Å². The highest BCUT2D eigenvalue weighted by Crippen LogP contribution is 2.49. The molecular weight excluding hydrogens is 603 g/mol. The Morgan fingerprint density at radius 3 is 2.23 bits per heavy atom. The Labute approximate surface area is 258 Å². The van der Waals surface area contributed by atoms with E-state index in [1.54, 1.807) is 31.2 Å². The molecular formula is C32H33Cl2F2NO6. The fourth-order valence-corrected chi connectivity index (χ4v) is 6.01. The van der Waals surface area contributed by atoms with Crippen molar-refractivity contribution in [2.45, 2.75) is 56.1 Å². The molecule has 7 nitrogen and oxygen atoms in total. The summed E-state index contributed by atoms with van der Waals surface area (Å²) in [6.45, 7) is 1.82. The van der Waals surface area contributed by atoms with Crippen LogP contribution in [0, 0.1) is 5.82 Å². The first-order valence-corrected chi connectivity index (χ1v) is 14.6. The van der Waals surface area contributed by atoms with Crippen LogP contribution in [0.3, 0.4) is 0 Å². The molecule has 1 amide bonds. The molecule has 2 heterocycles. The van der Waals surface area contributed by atoms with E-state index in [1.807, 2.05) is 30.3 Å². The van der Waals surface area contributed by atoms with Crippen LogP contribution in [0.1, 0.15) is 71.9 Å². The maximum absolute atomic E-state index is 16.0. The third-order valence-electron chi connectivity index (χ3n) is 8.02. The SMILES string of the molecule is CCC(O)(c1cc(F)c2c(c1)C(=O)N(C(CC(=O)O)c1ccc(Cl)cc1)C2OC)C1(F)CCOCC1.Clc1ccccc1. The average Bonchev–Trinajstić information content (AvgIpc) is 3.28. The van der Waals surface area contributed by atoms with Crippen molar-refractivity contribution in [3.05, 3.63) is 105 Å². The number of benzene rings is 3. The van der Waals surface area contributed by atoms with Gasteiger partial charge in [0.25, 0.3) is 5.91 Å². The number of amides is 1. The number of rotatable bonds is 8. The summed E-state index contributed by atoms with van der Waals surface area (Å²) in [4.78, 5) is 26.6. The summed E-state index contributed by atoms with van der Waals surface area (Å²) in [5.74, 6) is -2.70. The summed E-state index contributed by atoms with van der Waals surface area (Å²) in [6, 6.07) is 17.1. The van der Waals surface area contributed by atoms with Gasteiger partial charge in [0, 0.05) is 48.8 Å². The quantitative estimate of drug-likeness (QED) is 0.271. The van der Waals surface area contributed by atoms with Gasteiger partial charge in [-0.3, -0.25) is 9.59 Å². The summed E-state index contributed by atoms with van der Waals surface area (Å²) >= 11 is 11.5. The van der Waals surface area contributed by atoms with Gasteiger partial charge < -0.3 is 24.6 Å². The zero-order valence-corrected chi connectivity index (χ0v) is 25.2. The van der Waals surface area contributed by atoms with Gasteiger partial charge in [0.1, 0.15) is 17.1 Å². The fraction of sp³-hybridized carbons (Fsp3) is 0.375. The molecule has 2 aliphatic rings. The van der Waals surface area contributed by atoms with Gasteiger partial charge in [-0.15, -0.1) is 0 Å². The fourth-order valence-electron chi connectivity index (χ4n) is 5.74. The largest absolute Gasteiger partial charge is 0.481 e. The number of aliphatic carboxylic acids is 1. The van der Waals surface area contributed by atoms with Crippen molar-refractivity contribution in [3.63, 3.8) is 0 Å². The molecule has 3 unspecified atom stereocenters. The van der Waals surface area contributed by atoms with Crippen LogP contribution >= 0.6 is 23.2 Å². The third kappa shape index (κ3) is 6.71. The molecule has 5 rings (SSSR count). The molecule has 0 aromatic heterocycles. The van der Waals surface area contributed by atoms with Crippen LogP contribution in [-0.4, -0.2) is 53.0 Å². The molecule has 3 aromatic rings. The highest BCUT2D eigenvalue weighted by Gasteiger charge is 2.53. The molecule has 43 heavy (non-hydrogen) atoms. The van der Waals surface area contributed by atoms with E-state index in [0.717, 1.165) is 11.1 Å². The van der Waals surface area contributed by atoms with Crippen molar-refractivity contribution in [3.8, 4) is 0 Å². The topological polar surface area (TPSA) is 96.3 Å². The average molecular weight is 637 g/mol. The number of carbonyl (C=O) groups excluding carboxylic acids is 1. The second-order valence-corrected chi connectivity index (χ2v) is 11.3. The minimum Gasteiger partial charge on any atom is -0.481 e. The van der Waals surface area contributed by atoms with E-state index in [2.05, 4.69) is 0 Å². The summed E-state index contributed by atoms with van der Waals surface area (Å²) in [5, 5.41) is 22.3. The lowest BCUT2D eigenvalue weighted by Crippen LogP contribution is -2.51. The molecule has 11 heteroatoms. The van der Waals surface area contributed by atoms with Crippen LogP contribution in [0.4, 0.5) is 8.78 Å². The van der Waals surface area contributed by atoms with Gasteiger partial charge in [-0.25, -0.2) is 8.78 Å². The van der Waals surface area contributed by atoms with E-state index in [0.29, 0.717) is 10.6 Å². The molecule has 3 aromatic carbocycles. The Balaban J connectivity index is 0.000000530. The summed E-state index contributed by atoms with van der Waals surface area (Å²) in [5.41, 5.74) is -3.91. The summed E-state index contributed by atoms with van der Waals surface area (Å²) < 4.78 is 42.3. The first kappa shape index (κ1) is 32.8. The number of carboxylic acids is 1. The van der Waals surface area contributed by atoms with Crippen molar-refractivity contribution < 1.29 is 38.1 Å². The van der Waals surface area contributed by atoms with Gasteiger partial charge in [0.15, 0.2) is 6.23 Å². The lowest BCUT2D eigenvalue weighted by molar-refractivity contribution is -0.155. The second-order valence-electron chi connectivity index (χ2n) is 10.5. The molecule has 0 spiro atoms. The molecule has 0 bridgehead atoms. The Morgan fingerprint density at radius 1 is 1.12 bits per heavy atom. The zero-order valence-electron chi connectivity index (χ0n) is 23.7.